The molecule has 296 valence electrons. The Kier molecular flexibility index (Phi) is 9.05. The third-order valence-electron chi connectivity index (χ3n) is 10.6. The molecule has 0 saturated carbocycles. The van der Waals surface area contributed by atoms with Gasteiger partial charge in [-0.3, -0.25) is 0 Å². The van der Waals surface area contributed by atoms with Crippen molar-refractivity contribution in [2.24, 2.45) is 0 Å². The summed E-state index contributed by atoms with van der Waals surface area (Å²) in [5, 5.41) is 0.974. The van der Waals surface area contributed by atoms with Crippen LogP contribution < -0.4 is 13.9 Å². The first kappa shape index (κ1) is 36.0. The van der Waals surface area contributed by atoms with Gasteiger partial charge in [-0.25, -0.2) is 4.98 Å². The Morgan fingerprint density at radius 2 is 1.31 bits per heavy atom. The fourth-order valence-corrected chi connectivity index (χ4v) is 7.45. The van der Waals surface area contributed by atoms with Gasteiger partial charge < -0.3 is 14.3 Å². The van der Waals surface area contributed by atoms with Gasteiger partial charge in [0, 0.05) is 46.4 Å². The van der Waals surface area contributed by atoms with Gasteiger partial charge in [-0.15, -0.1) is 17.7 Å². The van der Waals surface area contributed by atoms with Crippen molar-refractivity contribution >= 4 is 50.7 Å². The van der Waals surface area contributed by atoms with Crippen molar-refractivity contribution < 1.29 is 31.3 Å². The molecule has 0 fully saturated rings. The summed E-state index contributed by atoms with van der Waals surface area (Å²) in [4.78, 5) is 9.74. The fraction of sp³-hybridized carbons (Fsp3) is 0.314. The minimum absolute atomic E-state index is 0. The first-order valence-electron chi connectivity index (χ1n) is 21.6. The van der Waals surface area contributed by atoms with Crippen LogP contribution in [0.3, 0.4) is 0 Å². The Morgan fingerprint density at radius 1 is 0.672 bits per heavy atom. The second-order valence-corrected chi connectivity index (χ2v) is 19.1. The van der Waals surface area contributed by atoms with E-state index < -0.39 is 0 Å². The number of aromatic nitrogens is 3. The molecule has 0 saturated heterocycles. The quantitative estimate of drug-likeness (QED) is 0.128. The van der Waals surface area contributed by atoms with Gasteiger partial charge in [0.15, 0.2) is 0 Å². The Bertz CT molecular complexity index is 2990. The predicted molar refractivity (Wildman–Crippen MR) is 236 cm³/mol. The molecule has 1 aliphatic heterocycles. The summed E-state index contributed by atoms with van der Waals surface area (Å²) in [5.41, 5.74) is 7.50. The van der Waals surface area contributed by atoms with Gasteiger partial charge >= 0.3 is 27.1 Å². The van der Waals surface area contributed by atoms with Gasteiger partial charge in [-0.2, -0.15) is 0 Å². The third-order valence-corrected chi connectivity index (χ3v) is 10.6. The number of hydrogen-bond acceptors (Lipinski definition) is 3. The van der Waals surface area contributed by atoms with Crippen molar-refractivity contribution in [3.05, 3.63) is 138 Å². The normalized spacial score (nSPS) is 14.3. The first-order chi connectivity index (χ1) is 28.4. The number of pyridine rings is 2. The number of hydrogen-bond donors (Lipinski definition) is 0. The first-order valence-corrected chi connectivity index (χ1v) is 19.6. The van der Waals surface area contributed by atoms with E-state index in [1.165, 1.54) is 0 Å². The van der Waals surface area contributed by atoms with Crippen LogP contribution in [0.4, 0.5) is 22.7 Å². The van der Waals surface area contributed by atoms with E-state index in [1.807, 2.05) is 35.0 Å². The minimum atomic E-state index is -0.347. The molecule has 0 N–H and O–H groups in total. The molecule has 0 amide bonds. The maximum Gasteiger partial charge on any atom is 2.00 e. The van der Waals surface area contributed by atoms with Gasteiger partial charge in [0.2, 0.25) is 5.69 Å². The van der Waals surface area contributed by atoms with Crippen LogP contribution in [-0.2, 0) is 42.7 Å². The Hall–Kier alpha value is -5.15. The Morgan fingerprint density at radius 3 is 1.95 bits per heavy atom. The average Bonchev–Trinajstić information content (AvgIpc) is 3.74. The van der Waals surface area contributed by atoms with Gasteiger partial charge in [0.05, 0.1) is 5.48 Å². The molecule has 4 aromatic carbocycles. The second-order valence-electron chi connectivity index (χ2n) is 19.1. The predicted octanol–water partition coefficient (Wildman–Crippen LogP) is 13.0. The molecule has 7 aromatic rings. The monoisotopic (exact) mass is 950 g/mol. The van der Waals surface area contributed by atoms with Crippen LogP contribution in [0.25, 0.3) is 27.8 Å². The molecule has 0 unspecified atom stereocenters. The van der Waals surface area contributed by atoms with E-state index in [4.69, 9.17) is 17.4 Å². The summed E-state index contributed by atoms with van der Waals surface area (Å²) in [6.07, 6.45) is 3.52. The van der Waals surface area contributed by atoms with Gasteiger partial charge in [-0.05, 0) is 72.6 Å². The summed E-state index contributed by atoms with van der Waals surface area (Å²) in [5.74, 6) is 1.53. The number of nitrogens with zero attached hydrogens (tertiary/aromatic N) is 5. The topological polar surface area (TPSA) is 46.0 Å². The molecular formula is C51H53N5OPt+2. The molecular weight excluding hydrogens is 894 g/mol. The number of benzene rings is 4. The van der Waals surface area contributed by atoms with Crippen molar-refractivity contribution in [1.29, 1.82) is 0 Å². The number of ether oxygens (including phenoxy) is 1. The van der Waals surface area contributed by atoms with E-state index in [-0.39, 0.29) is 72.6 Å². The smallest absolute Gasteiger partial charge is 0.507 e. The van der Waals surface area contributed by atoms with Crippen molar-refractivity contribution in [2.45, 2.75) is 105 Å². The van der Waals surface area contributed by atoms with Gasteiger partial charge in [0.25, 0.3) is 11.4 Å². The van der Waals surface area contributed by atoms with Crippen LogP contribution in [0, 0.1) is 12.1 Å². The van der Waals surface area contributed by atoms with E-state index in [0.29, 0.717) is 22.9 Å². The SMILES string of the molecule is [2H]c1c([2H])c([2H])c2c(c1[2H])[N+](c1[c-]c(Oc3[c-]c4c(nc3)c3ccccc3n4-c3cc(C(C)(C)C)ccn3)cc(C(C)(C)C)c1)=C=[N+]2c1c(C(C)(C)C)cccc1C(C)(C)C.[Pt+2]. The van der Waals surface area contributed by atoms with Crippen LogP contribution in [0.1, 0.15) is 111 Å². The van der Waals surface area contributed by atoms with Crippen LogP contribution in [-0.4, -0.2) is 20.5 Å². The zero-order chi connectivity index (χ0) is 44.1. The summed E-state index contributed by atoms with van der Waals surface area (Å²) < 4.78 is 48.5. The van der Waals surface area contributed by atoms with E-state index in [1.54, 1.807) is 10.8 Å². The van der Waals surface area contributed by atoms with Crippen LogP contribution >= 0.6 is 0 Å². The van der Waals surface area contributed by atoms with Gasteiger partial charge in [-0.1, -0.05) is 148 Å². The van der Waals surface area contributed by atoms with Crippen molar-refractivity contribution in [3.8, 4) is 17.3 Å². The summed E-state index contributed by atoms with van der Waals surface area (Å²) in [6.45, 7) is 25.8. The standard InChI is InChI=1S/C51H53N5O.Pt/c1-48(2,3)33-24-25-52-45(28-33)56-41-21-14-13-18-38(41)46-44(56)30-37(31-53-46)57-36-27-34(49(4,5)6)26-35(29-36)54-32-55(43-23-16-15-22-42(43)54)47-39(50(7,8)9)19-17-20-40(47)51(10,11)12;/h13-28,31H,1-12H3;/q;+2/i15D,16D,22D,23D;. The minimum Gasteiger partial charge on any atom is -0.507 e. The van der Waals surface area contributed by atoms with E-state index in [9.17, 15) is 2.74 Å². The Labute approximate surface area is 363 Å². The largest absolute Gasteiger partial charge is 2.00 e. The zero-order valence-electron chi connectivity index (χ0n) is 39.5. The van der Waals surface area contributed by atoms with Crippen molar-refractivity contribution in [3.63, 3.8) is 0 Å². The Balaban J connectivity index is 0.00000578. The molecule has 0 aliphatic carbocycles. The van der Waals surface area contributed by atoms with E-state index in [2.05, 4.69) is 148 Å². The molecule has 0 radical (unpaired) electrons. The molecule has 58 heavy (non-hydrogen) atoms. The molecule has 0 atom stereocenters. The molecule has 3 aromatic heterocycles. The van der Waals surface area contributed by atoms with Crippen molar-refractivity contribution in [2.75, 3.05) is 0 Å². The number of fused-ring (bicyclic) bond motifs is 4. The maximum absolute atomic E-state index is 9.31. The van der Waals surface area contributed by atoms with Crippen molar-refractivity contribution in [1.82, 2.24) is 23.7 Å². The van der Waals surface area contributed by atoms with Crippen LogP contribution in [0.2, 0.25) is 0 Å². The van der Waals surface area contributed by atoms with E-state index >= 15 is 0 Å². The maximum atomic E-state index is 9.31. The molecule has 1 aliphatic rings. The second kappa shape index (κ2) is 14.6. The summed E-state index contributed by atoms with van der Waals surface area (Å²) in [7, 11) is 0. The summed E-state index contributed by atoms with van der Waals surface area (Å²) in [6, 6.07) is 32.1. The molecule has 0 bridgehead atoms. The third kappa shape index (κ3) is 7.49. The molecule has 7 heteroatoms. The number of rotatable bonds is 5. The average molecular weight is 951 g/mol. The molecule has 0 spiro atoms. The fourth-order valence-electron chi connectivity index (χ4n) is 7.45. The molecule has 4 heterocycles. The summed E-state index contributed by atoms with van der Waals surface area (Å²) >= 11 is 0. The van der Waals surface area contributed by atoms with Crippen LogP contribution in [0.5, 0.6) is 11.5 Å². The van der Waals surface area contributed by atoms with Gasteiger partial charge in [0.1, 0.15) is 11.5 Å². The number of para-hydroxylation sites is 4. The zero-order valence-corrected chi connectivity index (χ0v) is 37.7. The van der Waals surface area contributed by atoms with E-state index in [0.717, 1.165) is 55.7 Å². The molecule has 8 rings (SSSR count). The van der Waals surface area contributed by atoms with Crippen LogP contribution in [0.15, 0.2) is 103 Å². The molecule has 6 nitrogen and oxygen atoms in total.